The number of anilines is 2. The number of pyridine rings is 1. The first-order valence-corrected chi connectivity index (χ1v) is 11.9. The summed E-state index contributed by atoms with van der Waals surface area (Å²) in [5.74, 6) is -0.427. The summed E-state index contributed by atoms with van der Waals surface area (Å²) in [7, 11) is 1.75. The summed E-state index contributed by atoms with van der Waals surface area (Å²) in [5.41, 5.74) is 9.46. The van der Waals surface area contributed by atoms with Gasteiger partial charge in [-0.15, -0.1) is 0 Å². The van der Waals surface area contributed by atoms with Crippen LogP contribution in [0, 0.1) is 17.7 Å². The highest BCUT2D eigenvalue weighted by molar-refractivity contribution is 6.00. The van der Waals surface area contributed by atoms with E-state index in [-0.39, 0.29) is 36.7 Å². The Morgan fingerprint density at radius 3 is 2.71 bits per heavy atom. The van der Waals surface area contributed by atoms with Gasteiger partial charge in [0, 0.05) is 44.6 Å². The summed E-state index contributed by atoms with van der Waals surface area (Å²) >= 11 is 0. The number of amides is 1. The number of hydrogen-bond donors (Lipinski definition) is 5. The Labute approximate surface area is 201 Å². The molecule has 1 aliphatic rings. The summed E-state index contributed by atoms with van der Waals surface area (Å²) in [6, 6.07) is 6.48. The molecule has 1 amide bonds. The SMILES string of the molecule is CN/C=C(/c1cc(F)cc(CNC(=O)c2nccc(N)c2NC(C)C2CCCC2)c1)C(C)CO. The lowest BCUT2D eigenvalue weighted by atomic mass is 9.94. The smallest absolute Gasteiger partial charge is 0.272 e. The molecule has 0 spiro atoms. The van der Waals surface area contributed by atoms with Crippen molar-refractivity contribution in [3.05, 3.63) is 59.3 Å². The molecule has 1 aliphatic carbocycles. The van der Waals surface area contributed by atoms with Crippen LogP contribution in [-0.2, 0) is 6.54 Å². The van der Waals surface area contributed by atoms with E-state index < -0.39 is 5.82 Å². The van der Waals surface area contributed by atoms with E-state index in [1.165, 1.54) is 31.2 Å². The zero-order valence-electron chi connectivity index (χ0n) is 20.2. The van der Waals surface area contributed by atoms with Crippen LogP contribution < -0.4 is 21.7 Å². The summed E-state index contributed by atoms with van der Waals surface area (Å²) in [6.07, 6.45) is 8.04. The van der Waals surface area contributed by atoms with Gasteiger partial charge >= 0.3 is 0 Å². The number of hydrogen-bond acceptors (Lipinski definition) is 6. The number of nitrogens with zero attached hydrogens (tertiary/aromatic N) is 1. The number of aliphatic hydroxyl groups is 1. The topological polar surface area (TPSA) is 112 Å². The van der Waals surface area contributed by atoms with Gasteiger partial charge in [-0.2, -0.15) is 0 Å². The molecule has 1 aromatic carbocycles. The molecule has 1 fully saturated rings. The molecule has 0 radical (unpaired) electrons. The van der Waals surface area contributed by atoms with Crippen molar-refractivity contribution in [1.29, 1.82) is 0 Å². The maximum absolute atomic E-state index is 14.4. The molecule has 1 aromatic heterocycles. The lowest BCUT2D eigenvalue weighted by Gasteiger charge is -2.23. The van der Waals surface area contributed by atoms with Crippen LogP contribution >= 0.6 is 0 Å². The van der Waals surface area contributed by atoms with Gasteiger partial charge in [-0.25, -0.2) is 9.37 Å². The first kappa shape index (κ1) is 25.5. The highest BCUT2D eigenvalue weighted by atomic mass is 19.1. The second kappa shape index (κ2) is 11.8. The Bertz CT molecular complexity index is 1020. The number of carbonyl (C=O) groups is 1. The molecule has 2 atom stereocenters. The van der Waals surface area contributed by atoms with Gasteiger partial charge in [0.1, 0.15) is 5.82 Å². The second-order valence-electron chi connectivity index (χ2n) is 9.10. The summed E-state index contributed by atoms with van der Waals surface area (Å²) in [6.45, 7) is 4.04. The average molecular weight is 470 g/mol. The van der Waals surface area contributed by atoms with E-state index in [1.54, 1.807) is 19.3 Å². The van der Waals surface area contributed by atoms with Gasteiger partial charge in [0.15, 0.2) is 5.69 Å². The average Bonchev–Trinajstić information content (AvgIpc) is 3.36. The van der Waals surface area contributed by atoms with Gasteiger partial charge in [-0.05, 0) is 66.6 Å². The van der Waals surface area contributed by atoms with E-state index in [2.05, 4.69) is 27.9 Å². The Balaban J connectivity index is 1.77. The molecule has 1 heterocycles. The van der Waals surface area contributed by atoms with Crippen LogP contribution in [0.15, 0.2) is 36.7 Å². The fraction of sp³-hybridized carbons (Fsp3) is 0.462. The molecule has 34 heavy (non-hydrogen) atoms. The zero-order chi connectivity index (χ0) is 24.7. The van der Waals surface area contributed by atoms with E-state index >= 15 is 0 Å². The summed E-state index contributed by atoms with van der Waals surface area (Å²) in [5, 5.41) is 18.8. The number of benzene rings is 1. The first-order chi connectivity index (χ1) is 16.3. The van der Waals surface area contributed by atoms with Gasteiger partial charge in [0.2, 0.25) is 0 Å². The van der Waals surface area contributed by atoms with Gasteiger partial charge in [0.25, 0.3) is 5.91 Å². The van der Waals surface area contributed by atoms with Crippen LogP contribution in [-0.4, -0.2) is 35.7 Å². The van der Waals surface area contributed by atoms with Crippen molar-refractivity contribution in [3.8, 4) is 0 Å². The van der Waals surface area contributed by atoms with E-state index in [4.69, 9.17) is 5.73 Å². The van der Waals surface area contributed by atoms with Crippen molar-refractivity contribution in [3.63, 3.8) is 0 Å². The largest absolute Gasteiger partial charge is 0.397 e. The number of rotatable bonds is 10. The van der Waals surface area contributed by atoms with Crippen molar-refractivity contribution in [2.24, 2.45) is 11.8 Å². The molecule has 184 valence electrons. The number of aromatic nitrogens is 1. The minimum Gasteiger partial charge on any atom is -0.397 e. The number of nitrogens with one attached hydrogen (secondary N) is 3. The highest BCUT2D eigenvalue weighted by Gasteiger charge is 2.24. The summed E-state index contributed by atoms with van der Waals surface area (Å²) in [4.78, 5) is 17.3. The van der Waals surface area contributed by atoms with Gasteiger partial charge in [0.05, 0.1) is 11.4 Å². The number of nitrogen functional groups attached to an aromatic ring is 1. The second-order valence-corrected chi connectivity index (χ2v) is 9.10. The lowest BCUT2D eigenvalue weighted by Crippen LogP contribution is -2.29. The van der Waals surface area contributed by atoms with Crippen molar-refractivity contribution in [2.45, 2.75) is 52.1 Å². The van der Waals surface area contributed by atoms with E-state index in [0.717, 1.165) is 18.4 Å². The van der Waals surface area contributed by atoms with Gasteiger partial charge in [-0.3, -0.25) is 4.79 Å². The van der Waals surface area contributed by atoms with Gasteiger partial charge in [-0.1, -0.05) is 19.8 Å². The Kier molecular flexibility index (Phi) is 8.87. The van der Waals surface area contributed by atoms with Crippen LogP contribution in [0.2, 0.25) is 0 Å². The van der Waals surface area contributed by atoms with Crippen LogP contribution in [0.4, 0.5) is 15.8 Å². The van der Waals surface area contributed by atoms with E-state index in [0.29, 0.717) is 28.4 Å². The lowest BCUT2D eigenvalue weighted by molar-refractivity contribution is 0.0946. The van der Waals surface area contributed by atoms with Crippen LogP contribution in [0.5, 0.6) is 0 Å². The molecule has 2 aromatic rings. The number of halogens is 1. The molecule has 2 unspecified atom stereocenters. The minimum absolute atomic E-state index is 0.0632. The van der Waals surface area contributed by atoms with Crippen LogP contribution in [0.25, 0.3) is 5.57 Å². The zero-order valence-corrected chi connectivity index (χ0v) is 20.2. The van der Waals surface area contributed by atoms with Crippen molar-refractivity contribution >= 4 is 22.9 Å². The Hall–Kier alpha value is -3.13. The predicted molar refractivity (Wildman–Crippen MR) is 135 cm³/mol. The number of carbonyl (C=O) groups excluding carboxylic acids is 1. The third-order valence-electron chi connectivity index (χ3n) is 6.53. The molecule has 3 rings (SSSR count). The monoisotopic (exact) mass is 469 g/mol. The molecule has 7 nitrogen and oxygen atoms in total. The van der Waals surface area contributed by atoms with Crippen molar-refractivity contribution in [1.82, 2.24) is 15.6 Å². The fourth-order valence-electron chi connectivity index (χ4n) is 4.55. The third-order valence-corrected chi connectivity index (χ3v) is 6.53. The van der Waals surface area contributed by atoms with Crippen molar-refractivity contribution < 1.29 is 14.3 Å². The molecule has 0 aliphatic heterocycles. The highest BCUT2D eigenvalue weighted by Crippen LogP contribution is 2.31. The van der Waals surface area contributed by atoms with E-state index in [9.17, 15) is 14.3 Å². The molecule has 0 saturated heterocycles. The Morgan fingerprint density at radius 1 is 1.29 bits per heavy atom. The van der Waals surface area contributed by atoms with Crippen LogP contribution in [0.3, 0.4) is 0 Å². The molecule has 1 saturated carbocycles. The summed E-state index contributed by atoms with van der Waals surface area (Å²) < 4.78 is 14.4. The fourth-order valence-corrected chi connectivity index (χ4v) is 4.55. The first-order valence-electron chi connectivity index (χ1n) is 11.9. The standard InChI is InChI=1S/C26H36FN5O2/c1-16(15-33)22(14-29-3)20-10-18(11-21(27)12-20)13-31-26(34)25-24(23(28)8-9-30-25)32-17(2)19-6-4-5-7-19/h8-12,14,16-17,19,29,32-33H,4-7,13,15H2,1-3H3,(H2,28,30)(H,31,34)/b22-14+. The molecule has 0 bridgehead atoms. The maximum Gasteiger partial charge on any atom is 0.272 e. The van der Waals surface area contributed by atoms with Gasteiger partial charge < -0.3 is 26.8 Å². The van der Waals surface area contributed by atoms with Crippen molar-refractivity contribution in [2.75, 3.05) is 24.7 Å². The quantitative estimate of drug-likeness (QED) is 0.361. The predicted octanol–water partition coefficient (Wildman–Crippen LogP) is 3.91. The molecular weight excluding hydrogens is 433 g/mol. The normalized spacial score (nSPS) is 16.2. The Morgan fingerprint density at radius 2 is 2.03 bits per heavy atom. The minimum atomic E-state index is -0.413. The molecular formula is C26H36FN5O2. The third kappa shape index (κ3) is 6.26. The number of nitrogens with two attached hydrogens (primary N) is 1. The molecule has 8 heteroatoms. The van der Waals surface area contributed by atoms with Crippen LogP contribution in [0.1, 0.15) is 61.1 Å². The molecule has 6 N–H and O–H groups in total. The number of aliphatic hydroxyl groups excluding tert-OH is 1. The maximum atomic E-state index is 14.4. The van der Waals surface area contributed by atoms with E-state index in [1.807, 2.05) is 13.0 Å².